The van der Waals surface area contributed by atoms with E-state index < -0.39 is 0 Å². The highest BCUT2D eigenvalue weighted by Crippen LogP contribution is 2.26. The maximum absolute atomic E-state index is 9.08. The van der Waals surface area contributed by atoms with E-state index in [-0.39, 0.29) is 0 Å². The molecule has 1 fully saturated rings. The summed E-state index contributed by atoms with van der Waals surface area (Å²) in [5.41, 5.74) is 1.88. The van der Waals surface area contributed by atoms with Crippen molar-refractivity contribution in [3.05, 3.63) is 21.9 Å². The first-order valence-electron chi connectivity index (χ1n) is 5.59. The van der Waals surface area contributed by atoms with E-state index in [9.17, 15) is 0 Å². The Labute approximate surface area is 105 Å². The molecule has 0 aliphatic heterocycles. The molecule has 0 radical (unpaired) electrons. The summed E-state index contributed by atoms with van der Waals surface area (Å²) in [5.74, 6) is 0. The molecule has 1 aliphatic carbocycles. The van der Waals surface area contributed by atoms with Crippen molar-refractivity contribution in [1.82, 2.24) is 9.47 Å². The normalized spacial score (nSPS) is 15.4. The molecule has 86 valence electrons. The van der Waals surface area contributed by atoms with Gasteiger partial charge in [0.1, 0.15) is 11.8 Å². The van der Waals surface area contributed by atoms with E-state index >= 15 is 0 Å². The average Bonchev–Trinajstić information content (AvgIpc) is 3.03. The molecule has 0 amide bonds. The predicted octanol–water partition coefficient (Wildman–Crippen LogP) is 2.52. The van der Waals surface area contributed by atoms with E-state index in [0.29, 0.717) is 0 Å². The van der Waals surface area contributed by atoms with Crippen molar-refractivity contribution in [2.24, 2.45) is 0 Å². The van der Waals surface area contributed by atoms with Crippen molar-refractivity contribution in [1.29, 1.82) is 5.26 Å². The monoisotopic (exact) mass is 281 g/mol. The second kappa shape index (κ2) is 4.60. The second-order valence-corrected chi connectivity index (χ2v) is 5.31. The number of hydrogen-bond donors (Lipinski definition) is 0. The highest BCUT2D eigenvalue weighted by atomic mass is 79.9. The Bertz CT molecular complexity index is 426. The van der Waals surface area contributed by atoms with Gasteiger partial charge in [-0.25, -0.2) is 0 Å². The molecule has 1 aliphatic rings. The summed E-state index contributed by atoms with van der Waals surface area (Å²) < 4.78 is 2.99. The molecule has 16 heavy (non-hydrogen) atoms. The Balaban J connectivity index is 2.05. The van der Waals surface area contributed by atoms with E-state index in [4.69, 9.17) is 5.26 Å². The lowest BCUT2D eigenvalue weighted by Gasteiger charge is -2.17. The minimum atomic E-state index is 0.738. The zero-order valence-corrected chi connectivity index (χ0v) is 11.3. The molecule has 0 aromatic carbocycles. The van der Waals surface area contributed by atoms with Gasteiger partial charge in [0, 0.05) is 24.8 Å². The van der Waals surface area contributed by atoms with Crippen LogP contribution in [-0.2, 0) is 6.54 Å². The number of nitriles is 1. The highest BCUT2D eigenvalue weighted by Gasteiger charge is 2.25. The lowest BCUT2D eigenvalue weighted by atomic mass is 10.4. The number of nitrogens with zero attached hydrogens (tertiary/aromatic N) is 3. The van der Waals surface area contributed by atoms with Crippen molar-refractivity contribution in [3.63, 3.8) is 0 Å². The fourth-order valence-corrected chi connectivity index (χ4v) is 2.63. The van der Waals surface area contributed by atoms with Gasteiger partial charge in [0.05, 0.1) is 4.47 Å². The minimum Gasteiger partial charge on any atom is -0.335 e. The lowest BCUT2D eigenvalue weighted by molar-refractivity contribution is 0.308. The van der Waals surface area contributed by atoms with Crippen LogP contribution >= 0.6 is 15.9 Å². The van der Waals surface area contributed by atoms with Crippen LogP contribution in [0.3, 0.4) is 0 Å². The summed E-state index contributed by atoms with van der Waals surface area (Å²) in [5, 5.41) is 9.08. The van der Waals surface area contributed by atoms with Gasteiger partial charge in [0.2, 0.25) is 0 Å². The Morgan fingerprint density at radius 3 is 2.88 bits per heavy atom. The Morgan fingerprint density at radius 1 is 1.62 bits per heavy atom. The molecule has 2 rings (SSSR count). The van der Waals surface area contributed by atoms with Gasteiger partial charge in [-0.15, -0.1) is 0 Å². The SMILES string of the molecule is Cc1cc(Br)c(C#N)n1CCN(C)C1CC1. The number of aromatic nitrogens is 1. The summed E-state index contributed by atoms with van der Waals surface area (Å²) in [4.78, 5) is 2.38. The van der Waals surface area contributed by atoms with Gasteiger partial charge >= 0.3 is 0 Å². The van der Waals surface area contributed by atoms with Crippen molar-refractivity contribution in [3.8, 4) is 6.07 Å². The van der Waals surface area contributed by atoms with Crippen LogP contribution in [0.15, 0.2) is 10.5 Å². The number of likely N-dealkylation sites (N-methyl/N-ethyl adjacent to an activating group) is 1. The van der Waals surface area contributed by atoms with Crippen LogP contribution in [0, 0.1) is 18.3 Å². The minimum absolute atomic E-state index is 0.738. The van der Waals surface area contributed by atoms with Crippen molar-refractivity contribution >= 4 is 15.9 Å². The summed E-state index contributed by atoms with van der Waals surface area (Å²) in [6.07, 6.45) is 2.66. The second-order valence-electron chi connectivity index (χ2n) is 4.46. The first kappa shape index (κ1) is 11.7. The quantitative estimate of drug-likeness (QED) is 0.850. The topological polar surface area (TPSA) is 32.0 Å². The molecule has 1 saturated carbocycles. The highest BCUT2D eigenvalue weighted by molar-refractivity contribution is 9.10. The number of rotatable bonds is 4. The first-order chi connectivity index (χ1) is 7.63. The number of halogens is 1. The molecule has 0 spiro atoms. The van der Waals surface area contributed by atoms with E-state index in [1.807, 2.05) is 13.0 Å². The van der Waals surface area contributed by atoms with E-state index in [2.05, 4.69) is 38.5 Å². The van der Waals surface area contributed by atoms with Crippen LogP contribution in [0.25, 0.3) is 0 Å². The Morgan fingerprint density at radius 2 is 2.31 bits per heavy atom. The first-order valence-corrected chi connectivity index (χ1v) is 6.38. The molecule has 1 heterocycles. The van der Waals surface area contributed by atoms with Gasteiger partial charge in [0.15, 0.2) is 0 Å². The van der Waals surface area contributed by atoms with Crippen molar-refractivity contribution < 1.29 is 0 Å². The van der Waals surface area contributed by atoms with Gasteiger partial charge in [0.25, 0.3) is 0 Å². The predicted molar refractivity (Wildman–Crippen MR) is 67.2 cm³/mol. The molecule has 0 unspecified atom stereocenters. The third kappa shape index (κ3) is 2.31. The van der Waals surface area contributed by atoms with Gasteiger partial charge in [-0.1, -0.05) is 0 Å². The van der Waals surface area contributed by atoms with Crippen LogP contribution < -0.4 is 0 Å². The van der Waals surface area contributed by atoms with Crippen LogP contribution in [0.1, 0.15) is 24.2 Å². The summed E-state index contributed by atoms with van der Waals surface area (Å²) in [6, 6.07) is 5.04. The maximum atomic E-state index is 9.08. The summed E-state index contributed by atoms with van der Waals surface area (Å²) in [7, 11) is 2.16. The zero-order valence-electron chi connectivity index (χ0n) is 9.70. The standard InChI is InChI=1S/C12H16BrN3/c1-9-7-11(13)12(8-14)16(9)6-5-15(2)10-3-4-10/h7,10H,3-6H2,1-2H3. The molecule has 4 heteroatoms. The van der Waals surface area contributed by atoms with Gasteiger partial charge in [-0.05, 0) is 48.8 Å². The number of hydrogen-bond acceptors (Lipinski definition) is 2. The van der Waals surface area contributed by atoms with Crippen LogP contribution in [0.2, 0.25) is 0 Å². The van der Waals surface area contributed by atoms with Crippen LogP contribution in [0.5, 0.6) is 0 Å². The van der Waals surface area contributed by atoms with Crippen LogP contribution in [0.4, 0.5) is 0 Å². The van der Waals surface area contributed by atoms with Crippen molar-refractivity contribution in [2.75, 3.05) is 13.6 Å². The molecule has 0 N–H and O–H groups in total. The van der Waals surface area contributed by atoms with Crippen LogP contribution in [-0.4, -0.2) is 29.1 Å². The van der Waals surface area contributed by atoms with Gasteiger partial charge < -0.3 is 9.47 Å². The number of aryl methyl sites for hydroxylation is 1. The molecule has 0 bridgehead atoms. The summed E-state index contributed by atoms with van der Waals surface area (Å²) in [6.45, 7) is 3.96. The third-order valence-corrected chi connectivity index (χ3v) is 3.81. The molecule has 0 saturated heterocycles. The maximum Gasteiger partial charge on any atom is 0.134 e. The molecular weight excluding hydrogens is 266 g/mol. The summed E-state index contributed by atoms with van der Waals surface area (Å²) >= 11 is 3.42. The lowest BCUT2D eigenvalue weighted by Crippen LogP contribution is -2.25. The van der Waals surface area contributed by atoms with Gasteiger partial charge in [-0.3, -0.25) is 0 Å². The average molecular weight is 282 g/mol. The Kier molecular flexibility index (Phi) is 3.36. The molecule has 3 nitrogen and oxygen atoms in total. The van der Waals surface area contributed by atoms with Crippen molar-refractivity contribution in [2.45, 2.75) is 32.4 Å². The molecule has 1 aromatic rings. The van der Waals surface area contributed by atoms with E-state index in [0.717, 1.165) is 35.0 Å². The molecule has 0 atom stereocenters. The Hall–Kier alpha value is -0.790. The zero-order chi connectivity index (χ0) is 11.7. The van der Waals surface area contributed by atoms with E-state index in [1.165, 1.54) is 12.8 Å². The molecule has 1 aromatic heterocycles. The fraction of sp³-hybridized carbons (Fsp3) is 0.583. The van der Waals surface area contributed by atoms with E-state index in [1.54, 1.807) is 0 Å². The largest absolute Gasteiger partial charge is 0.335 e. The van der Waals surface area contributed by atoms with Gasteiger partial charge in [-0.2, -0.15) is 5.26 Å². The third-order valence-electron chi connectivity index (χ3n) is 3.21. The fourth-order valence-electron chi connectivity index (χ4n) is 1.99. The smallest absolute Gasteiger partial charge is 0.134 e. The molecular formula is C12H16BrN3.